The average molecular weight is 284 g/mol. The minimum atomic E-state index is -0.906. The fourth-order valence-corrected chi connectivity index (χ4v) is 2.45. The van der Waals surface area contributed by atoms with Gasteiger partial charge in [0.1, 0.15) is 0 Å². The summed E-state index contributed by atoms with van der Waals surface area (Å²) < 4.78 is 9.18. The Kier molecular flexibility index (Phi) is 6.21. The van der Waals surface area contributed by atoms with Crippen LogP contribution in [0.2, 0.25) is 0 Å². The van der Waals surface area contributed by atoms with Crippen molar-refractivity contribution in [1.29, 1.82) is 0 Å². The lowest BCUT2D eigenvalue weighted by Crippen LogP contribution is -2.27. The zero-order valence-corrected chi connectivity index (χ0v) is 11.7. The molecule has 6 nitrogen and oxygen atoms in total. The molecule has 0 aliphatic heterocycles. The van der Waals surface area contributed by atoms with Crippen molar-refractivity contribution < 1.29 is 29.0 Å². The molecule has 1 aliphatic rings. The van der Waals surface area contributed by atoms with Gasteiger partial charge in [-0.05, 0) is 31.1 Å². The number of allylic oxidation sites excluding steroid dienone is 2. The van der Waals surface area contributed by atoms with Crippen molar-refractivity contribution in [2.75, 3.05) is 14.2 Å². The summed E-state index contributed by atoms with van der Waals surface area (Å²) in [5, 5.41) is 8.73. The first-order valence-electron chi connectivity index (χ1n) is 6.53. The molecule has 112 valence electrons. The second kappa shape index (κ2) is 7.67. The van der Waals surface area contributed by atoms with Gasteiger partial charge in [0.15, 0.2) is 5.92 Å². The van der Waals surface area contributed by atoms with E-state index in [4.69, 9.17) is 5.11 Å². The molecule has 0 aromatic carbocycles. The number of methoxy groups -OCH3 is 2. The first kappa shape index (κ1) is 16.2. The van der Waals surface area contributed by atoms with Crippen LogP contribution in [-0.2, 0) is 23.9 Å². The number of ether oxygens (including phenoxy) is 2. The maximum absolute atomic E-state index is 11.5. The molecule has 0 aromatic rings. The van der Waals surface area contributed by atoms with Gasteiger partial charge < -0.3 is 14.6 Å². The smallest absolute Gasteiger partial charge is 0.320 e. The van der Waals surface area contributed by atoms with Gasteiger partial charge in [0, 0.05) is 0 Å². The van der Waals surface area contributed by atoms with Crippen molar-refractivity contribution in [3.8, 4) is 0 Å². The molecular formula is C14H20O6. The summed E-state index contributed by atoms with van der Waals surface area (Å²) in [6.45, 7) is 0. The maximum Gasteiger partial charge on any atom is 0.320 e. The number of hydrogen-bond acceptors (Lipinski definition) is 5. The molecule has 0 spiro atoms. The first-order chi connectivity index (χ1) is 9.47. The van der Waals surface area contributed by atoms with E-state index in [0.717, 1.165) is 6.42 Å². The number of carboxylic acid groups (broad SMARTS) is 1. The Morgan fingerprint density at radius 1 is 1.15 bits per heavy atom. The van der Waals surface area contributed by atoms with Crippen LogP contribution in [0.25, 0.3) is 0 Å². The van der Waals surface area contributed by atoms with Crippen LogP contribution in [0.15, 0.2) is 12.2 Å². The number of esters is 2. The summed E-state index contributed by atoms with van der Waals surface area (Å²) in [6.07, 6.45) is 5.67. The molecule has 0 amide bonds. The molecule has 0 saturated heterocycles. The van der Waals surface area contributed by atoms with Gasteiger partial charge in [0.05, 0.1) is 20.6 Å². The highest BCUT2D eigenvalue weighted by Gasteiger charge is 2.30. The van der Waals surface area contributed by atoms with Crippen molar-refractivity contribution in [3.05, 3.63) is 12.2 Å². The van der Waals surface area contributed by atoms with Gasteiger partial charge in [-0.15, -0.1) is 0 Å². The Bertz CT molecular complexity index is 384. The van der Waals surface area contributed by atoms with Crippen LogP contribution in [0.3, 0.4) is 0 Å². The van der Waals surface area contributed by atoms with Crippen LogP contribution < -0.4 is 0 Å². The van der Waals surface area contributed by atoms with Gasteiger partial charge in [0.25, 0.3) is 0 Å². The van der Waals surface area contributed by atoms with Crippen LogP contribution in [0.5, 0.6) is 0 Å². The highest BCUT2D eigenvalue weighted by molar-refractivity contribution is 5.94. The number of hydrogen-bond donors (Lipinski definition) is 1. The Hall–Kier alpha value is -1.85. The number of aliphatic carboxylic acids is 1. The van der Waals surface area contributed by atoms with Gasteiger partial charge >= 0.3 is 17.9 Å². The largest absolute Gasteiger partial charge is 0.481 e. The minimum absolute atomic E-state index is 0.0344. The van der Waals surface area contributed by atoms with Crippen molar-refractivity contribution >= 4 is 17.9 Å². The first-order valence-corrected chi connectivity index (χ1v) is 6.53. The molecule has 1 aliphatic carbocycles. The van der Waals surface area contributed by atoms with E-state index in [9.17, 15) is 14.4 Å². The third kappa shape index (κ3) is 4.68. The van der Waals surface area contributed by atoms with Crippen molar-refractivity contribution in [1.82, 2.24) is 0 Å². The monoisotopic (exact) mass is 284 g/mol. The minimum Gasteiger partial charge on any atom is -0.481 e. The summed E-state index contributed by atoms with van der Waals surface area (Å²) >= 11 is 0. The number of rotatable bonds is 7. The topological polar surface area (TPSA) is 89.9 Å². The third-order valence-corrected chi connectivity index (χ3v) is 3.50. The van der Waals surface area contributed by atoms with Crippen LogP contribution >= 0.6 is 0 Å². The summed E-state index contributed by atoms with van der Waals surface area (Å²) in [5.41, 5.74) is 0. The molecule has 0 aromatic heterocycles. The molecule has 0 saturated carbocycles. The van der Waals surface area contributed by atoms with E-state index in [-0.39, 0.29) is 18.3 Å². The van der Waals surface area contributed by atoms with Crippen LogP contribution in [0, 0.1) is 17.8 Å². The lowest BCUT2D eigenvalue weighted by atomic mass is 9.92. The molecule has 0 bridgehead atoms. The maximum atomic E-state index is 11.5. The van der Waals surface area contributed by atoms with Crippen molar-refractivity contribution in [3.63, 3.8) is 0 Å². The molecule has 6 heteroatoms. The zero-order chi connectivity index (χ0) is 15.1. The fraction of sp³-hybridized carbons (Fsp3) is 0.643. The Balaban J connectivity index is 2.45. The predicted octanol–water partition coefficient (Wildman–Crippen LogP) is 1.40. The van der Waals surface area contributed by atoms with E-state index in [1.54, 1.807) is 0 Å². The quantitative estimate of drug-likeness (QED) is 0.432. The fourth-order valence-electron chi connectivity index (χ4n) is 2.45. The molecule has 2 unspecified atom stereocenters. The van der Waals surface area contributed by atoms with Gasteiger partial charge in [-0.2, -0.15) is 0 Å². The molecule has 1 N–H and O–H groups in total. The Morgan fingerprint density at radius 2 is 1.70 bits per heavy atom. The second-order valence-corrected chi connectivity index (χ2v) is 4.91. The van der Waals surface area contributed by atoms with E-state index >= 15 is 0 Å². The van der Waals surface area contributed by atoms with Crippen LogP contribution in [-0.4, -0.2) is 37.2 Å². The number of carbonyl (C=O) groups excluding carboxylic acids is 2. The summed E-state index contributed by atoms with van der Waals surface area (Å²) in [5.74, 6) is -2.69. The van der Waals surface area contributed by atoms with Gasteiger partial charge in [-0.1, -0.05) is 12.2 Å². The molecule has 20 heavy (non-hydrogen) atoms. The molecule has 0 fully saturated rings. The number of carbonyl (C=O) groups is 3. The average Bonchev–Trinajstić information content (AvgIpc) is 2.84. The number of carboxylic acids is 1. The van der Waals surface area contributed by atoms with Crippen molar-refractivity contribution in [2.45, 2.75) is 25.7 Å². The van der Waals surface area contributed by atoms with E-state index in [1.807, 2.05) is 12.2 Å². The van der Waals surface area contributed by atoms with Crippen LogP contribution in [0.1, 0.15) is 25.7 Å². The lowest BCUT2D eigenvalue weighted by Gasteiger charge is -2.15. The van der Waals surface area contributed by atoms with E-state index < -0.39 is 23.8 Å². The molecule has 0 heterocycles. The summed E-state index contributed by atoms with van der Waals surface area (Å²) in [7, 11) is 2.47. The van der Waals surface area contributed by atoms with E-state index in [0.29, 0.717) is 12.8 Å². The van der Waals surface area contributed by atoms with Crippen molar-refractivity contribution in [2.24, 2.45) is 17.8 Å². The predicted molar refractivity (Wildman–Crippen MR) is 69.7 cm³/mol. The van der Waals surface area contributed by atoms with E-state index in [2.05, 4.69) is 9.47 Å². The SMILES string of the molecule is COC(=O)C(CCC1C=CC(CC(=O)O)C1)C(=O)OC. The highest BCUT2D eigenvalue weighted by Crippen LogP contribution is 2.30. The van der Waals surface area contributed by atoms with Crippen LogP contribution in [0.4, 0.5) is 0 Å². The summed E-state index contributed by atoms with van der Waals surface area (Å²) in [4.78, 5) is 33.6. The van der Waals surface area contributed by atoms with Gasteiger partial charge in [-0.25, -0.2) is 0 Å². The van der Waals surface area contributed by atoms with Gasteiger partial charge in [0.2, 0.25) is 0 Å². The third-order valence-electron chi connectivity index (χ3n) is 3.50. The molecular weight excluding hydrogens is 264 g/mol. The second-order valence-electron chi connectivity index (χ2n) is 4.91. The van der Waals surface area contributed by atoms with E-state index in [1.165, 1.54) is 14.2 Å². The molecule has 2 atom stereocenters. The molecule has 1 rings (SSSR count). The van der Waals surface area contributed by atoms with Gasteiger partial charge in [-0.3, -0.25) is 14.4 Å². The summed E-state index contributed by atoms with van der Waals surface area (Å²) in [6, 6.07) is 0. The highest BCUT2D eigenvalue weighted by atomic mass is 16.5. The molecule has 0 radical (unpaired) electrons. The lowest BCUT2D eigenvalue weighted by molar-refractivity contribution is -0.159. The zero-order valence-electron chi connectivity index (χ0n) is 11.7. The normalized spacial score (nSPS) is 20.9. The Morgan fingerprint density at radius 3 is 2.20 bits per heavy atom. The standard InChI is InChI=1S/C14H20O6/c1-19-13(17)11(14(18)20-2)6-5-9-3-4-10(7-9)8-12(15)16/h3-4,9-11H,5-8H2,1-2H3,(H,15,16). The Labute approximate surface area is 117 Å².